The van der Waals surface area contributed by atoms with Gasteiger partial charge in [-0.05, 0) is 32.4 Å². The summed E-state index contributed by atoms with van der Waals surface area (Å²) in [6.07, 6.45) is 3.33. The van der Waals surface area contributed by atoms with Crippen LogP contribution in [0.3, 0.4) is 0 Å². The van der Waals surface area contributed by atoms with Crippen molar-refractivity contribution in [3.63, 3.8) is 0 Å². The van der Waals surface area contributed by atoms with E-state index in [0.29, 0.717) is 6.04 Å². The summed E-state index contributed by atoms with van der Waals surface area (Å²) in [5.41, 5.74) is 0. The molecule has 0 aromatic rings. The molecule has 4 heteroatoms. The molecule has 0 saturated carbocycles. The van der Waals surface area contributed by atoms with E-state index < -0.39 is 0 Å². The number of piperidine rings is 1. The Bertz CT molecular complexity index is 227. The number of hydrogen-bond donors (Lipinski definition) is 1. The minimum atomic E-state index is -0.0364. The Kier molecular flexibility index (Phi) is 3.59. The molecule has 0 aliphatic carbocycles. The van der Waals surface area contributed by atoms with E-state index >= 15 is 0 Å². The van der Waals surface area contributed by atoms with Gasteiger partial charge in [-0.1, -0.05) is 0 Å². The Labute approximate surface area is 91.0 Å². The fourth-order valence-electron chi connectivity index (χ4n) is 2.65. The van der Waals surface area contributed by atoms with E-state index in [4.69, 9.17) is 4.74 Å². The molecule has 2 rings (SSSR count). The number of ether oxygens (including phenoxy) is 1. The third kappa shape index (κ3) is 2.49. The first kappa shape index (κ1) is 10.9. The van der Waals surface area contributed by atoms with Crippen LogP contribution in [-0.2, 0) is 9.53 Å². The third-order valence-corrected chi connectivity index (χ3v) is 3.54. The largest absolute Gasteiger partial charge is 0.469 e. The molecule has 15 heavy (non-hydrogen) atoms. The highest BCUT2D eigenvalue weighted by atomic mass is 16.5. The zero-order chi connectivity index (χ0) is 10.7. The minimum Gasteiger partial charge on any atom is -0.469 e. The molecular formula is C11H20N2O2. The monoisotopic (exact) mass is 212 g/mol. The molecule has 2 fully saturated rings. The van der Waals surface area contributed by atoms with E-state index in [0.717, 1.165) is 39.0 Å². The summed E-state index contributed by atoms with van der Waals surface area (Å²) in [5.74, 6) is 0.0648. The molecule has 2 atom stereocenters. The predicted octanol–water partition coefficient (Wildman–Crippen LogP) is 0.233. The normalized spacial score (nSPS) is 32.9. The summed E-state index contributed by atoms with van der Waals surface area (Å²) in [5, 5.41) is 3.37. The Balaban J connectivity index is 1.88. The van der Waals surface area contributed by atoms with Gasteiger partial charge in [-0.3, -0.25) is 9.69 Å². The molecule has 0 spiro atoms. The maximum Gasteiger partial charge on any atom is 0.309 e. The van der Waals surface area contributed by atoms with Crippen molar-refractivity contribution in [2.45, 2.75) is 25.3 Å². The average Bonchev–Trinajstić information content (AvgIpc) is 2.82. The Hall–Kier alpha value is -0.610. The SMILES string of the molecule is COC(=O)[C@@H]1CCCN([C@@H]2CCNC2)C1. The highest BCUT2D eigenvalue weighted by molar-refractivity contribution is 5.72. The number of rotatable bonds is 2. The van der Waals surface area contributed by atoms with Gasteiger partial charge in [0.1, 0.15) is 0 Å². The molecule has 1 N–H and O–H groups in total. The van der Waals surface area contributed by atoms with Crippen LogP contribution in [0.25, 0.3) is 0 Å². The third-order valence-electron chi connectivity index (χ3n) is 3.54. The van der Waals surface area contributed by atoms with E-state index in [1.807, 2.05) is 0 Å². The fraction of sp³-hybridized carbons (Fsp3) is 0.909. The van der Waals surface area contributed by atoms with Crippen molar-refractivity contribution in [3.8, 4) is 0 Å². The molecular weight excluding hydrogens is 192 g/mol. The van der Waals surface area contributed by atoms with Gasteiger partial charge in [0.05, 0.1) is 13.0 Å². The van der Waals surface area contributed by atoms with Crippen LogP contribution in [0.15, 0.2) is 0 Å². The van der Waals surface area contributed by atoms with Gasteiger partial charge in [-0.15, -0.1) is 0 Å². The summed E-state index contributed by atoms with van der Waals surface area (Å²) in [4.78, 5) is 13.9. The molecule has 0 aromatic heterocycles. The molecule has 2 aliphatic rings. The number of carbonyl (C=O) groups excluding carboxylic acids is 1. The summed E-state index contributed by atoms with van der Waals surface area (Å²) in [6, 6.07) is 0.637. The van der Waals surface area contributed by atoms with Crippen molar-refractivity contribution in [1.82, 2.24) is 10.2 Å². The zero-order valence-corrected chi connectivity index (χ0v) is 9.37. The number of hydrogen-bond acceptors (Lipinski definition) is 4. The Morgan fingerprint density at radius 1 is 1.47 bits per heavy atom. The van der Waals surface area contributed by atoms with Crippen LogP contribution in [0, 0.1) is 5.92 Å². The predicted molar refractivity (Wildman–Crippen MR) is 57.6 cm³/mol. The minimum absolute atomic E-state index is 0.0364. The lowest BCUT2D eigenvalue weighted by atomic mass is 9.96. The van der Waals surface area contributed by atoms with Crippen LogP contribution in [0.5, 0.6) is 0 Å². The van der Waals surface area contributed by atoms with Crippen molar-refractivity contribution in [2.75, 3.05) is 33.3 Å². The van der Waals surface area contributed by atoms with Gasteiger partial charge < -0.3 is 10.1 Å². The van der Waals surface area contributed by atoms with Gasteiger partial charge in [0.2, 0.25) is 0 Å². The van der Waals surface area contributed by atoms with E-state index in [2.05, 4.69) is 10.2 Å². The zero-order valence-electron chi connectivity index (χ0n) is 9.37. The highest BCUT2D eigenvalue weighted by Crippen LogP contribution is 2.21. The van der Waals surface area contributed by atoms with Gasteiger partial charge in [-0.2, -0.15) is 0 Å². The summed E-state index contributed by atoms with van der Waals surface area (Å²) in [6.45, 7) is 4.22. The van der Waals surface area contributed by atoms with E-state index in [-0.39, 0.29) is 11.9 Å². The quantitative estimate of drug-likeness (QED) is 0.665. The van der Waals surface area contributed by atoms with E-state index in [9.17, 15) is 4.79 Å². The van der Waals surface area contributed by atoms with Crippen LogP contribution < -0.4 is 5.32 Å². The molecule has 0 amide bonds. The van der Waals surface area contributed by atoms with E-state index in [1.54, 1.807) is 0 Å². The van der Waals surface area contributed by atoms with Crippen LogP contribution in [-0.4, -0.2) is 50.2 Å². The molecule has 2 heterocycles. The first-order valence-electron chi connectivity index (χ1n) is 5.84. The number of esters is 1. The van der Waals surface area contributed by atoms with Crippen molar-refractivity contribution in [1.29, 1.82) is 0 Å². The molecule has 0 bridgehead atoms. The van der Waals surface area contributed by atoms with Crippen molar-refractivity contribution >= 4 is 5.97 Å². The van der Waals surface area contributed by atoms with Crippen LogP contribution >= 0.6 is 0 Å². The number of nitrogens with one attached hydrogen (secondary N) is 1. The second kappa shape index (κ2) is 4.94. The van der Waals surface area contributed by atoms with E-state index in [1.165, 1.54) is 13.5 Å². The second-order valence-corrected chi connectivity index (χ2v) is 4.50. The maximum absolute atomic E-state index is 11.5. The molecule has 0 radical (unpaired) electrons. The first-order valence-corrected chi connectivity index (χ1v) is 5.84. The summed E-state index contributed by atoms with van der Waals surface area (Å²) in [7, 11) is 1.48. The molecule has 0 aromatic carbocycles. The second-order valence-electron chi connectivity index (χ2n) is 4.50. The Morgan fingerprint density at radius 3 is 3.00 bits per heavy atom. The lowest BCUT2D eigenvalue weighted by Crippen LogP contribution is -2.45. The fourth-order valence-corrected chi connectivity index (χ4v) is 2.65. The topological polar surface area (TPSA) is 41.6 Å². The smallest absolute Gasteiger partial charge is 0.309 e. The lowest BCUT2D eigenvalue weighted by molar-refractivity contribution is -0.147. The maximum atomic E-state index is 11.5. The standard InChI is InChI=1S/C11H20N2O2/c1-15-11(14)9-3-2-6-13(8-9)10-4-5-12-7-10/h9-10,12H,2-8H2,1H3/t9-,10-/m1/s1. The average molecular weight is 212 g/mol. The highest BCUT2D eigenvalue weighted by Gasteiger charge is 2.31. The summed E-state index contributed by atoms with van der Waals surface area (Å²) >= 11 is 0. The molecule has 2 saturated heterocycles. The van der Waals surface area contributed by atoms with Crippen LogP contribution in [0.1, 0.15) is 19.3 Å². The Morgan fingerprint density at radius 2 is 2.33 bits per heavy atom. The molecule has 86 valence electrons. The lowest BCUT2D eigenvalue weighted by Gasteiger charge is -2.35. The van der Waals surface area contributed by atoms with Crippen molar-refractivity contribution in [2.24, 2.45) is 5.92 Å². The number of likely N-dealkylation sites (tertiary alicyclic amines) is 1. The van der Waals surface area contributed by atoms with Crippen molar-refractivity contribution < 1.29 is 9.53 Å². The van der Waals surface area contributed by atoms with Crippen LogP contribution in [0.2, 0.25) is 0 Å². The molecule has 0 unspecified atom stereocenters. The molecule has 4 nitrogen and oxygen atoms in total. The van der Waals surface area contributed by atoms with Crippen molar-refractivity contribution in [3.05, 3.63) is 0 Å². The van der Waals surface area contributed by atoms with Gasteiger partial charge >= 0.3 is 5.97 Å². The van der Waals surface area contributed by atoms with Gasteiger partial charge in [0.15, 0.2) is 0 Å². The number of methoxy groups -OCH3 is 1. The number of nitrogens with zero attached hydrogens (tertiary/aromatic N) is 1. The van der Waals surface area contributed by atoms with Gasteiger partial charge in [0, 0.05) is 19.1 Å². The molecule has 2 aliphatic heterocycles. The first-order chi connectivity index (χ1) is 7.31. The van der Waals surface area contributed by atoms with Gasteiger partial charge in [0.25, 0.3) is 0 Å². The van der Waals surface area contributed by atoms with Gasteiger partial charge in [-0.25, -0.2) is 0 Å². The number of carbonyl (C=O) groups is 1. The summed E-state index contributed by atoms with van der Waals surface area (Å²) < 4.78 is 4.82. The van der Waals surface area contributed by atoms with Crippen LogP contribution in [0.4, 0.5) is 0 Å².